The van der Waals surface area contributed by atoms with E-state index in [1.54, 1.807) is 0 Å². The lowest BCUT2D eigenvalue weighted by Gasteiger charge is -2.16. The standard InChI is InChI=1S/C12ClF10OP/c13-25(24,11-7(20)3(16)1(14)4(17)8(11)21)12-9(22)5(18)2(15)6(19)10(12)23. The summed E-state index contributed by atoms with van der Waals surface area (Å²) in [7, 11) is 0. The van der Waals surface area contributed by atoms with Gasteiger partial charge in [0, 0.05) is 0 Å². The maximum atomic E-state index is 13.6. The lowest BCUT2D eigenvalue weighted by molar-refractivity contribution is 0.382. The summed E-state index contributed by atoms with van der Waals surface area (Å²) < 4.78 is 145. The molecule has 0 unspecified atom stereocenters. The fraction of sp³-hybridized carbons (Fsp3) is 0. The highest BCUT2D eigenvalue weighted by atomic mass is 35.7. The third-order valence-electron chi connectivity index (χ3n) is 2.95. The number of rotatable bonds is 2. The van der Waals surface area contributed by atoms with Crippen molar-refractivity contribution in [1.29, 1.82) is 0 Å². The van der Waals surface area contributed by atoms with Crippen molar-refractivity contribution >= 4 is 28.3 Å². The largest absolute Gasteiger partial charge is 0.296 e. The van der Waals surface area contributed by atoms with Crippen LogP contribution in [0, 0.1) is 58.2 Å². The van der Waals surface area contributed by atoms with Gasteiger partial charge in [0.1, 0.15) is 10.6 Å². The normalized spacial score (nSPS) is 12.0. The van der Waals surface area contributed by atoms with Crippen molar-refractivity contribution in [3.8, 4) is 0 Å². The van der Waals surface area contributed by atoms with Crippen molar-refractivity contribution in [3.63, 3.8) is 0 Å². The number of benzene rings is 2. The third-order valence-corrected chi connectivity index (χ3v) is 5.90. The molecule has 0 aliphatic rings. The molecule has 0 heterocycles. The first-order chi connectivity index (χ1) is 11.4. The highest BCUT2D eigenvalue weighted by molar-refractivity contribution is 8.00. The van der Waals surface area contributed by atoms with Gasteiger partial charge >= 0.3 is 0 Å². The van der Waals surface area contributed by atoms with E-state index in [2.05, 4.69) is 0 Å². The minimum Gasteiger partial charge on any atom is -0.296 e. The second-order valence-electron chi connectivity index (χ2n) is 4.37. The van der Waals surface area contributed by atoms with Gasteiger partial charge in [-0.25, -0.2) is 43.9 Å². The van der Waals surface area contributed by atoms with Gasteiger partial charge < -0.3 is 0 Å². The minimum atomic E-state index is -6.02. The van der Waals surface area contributed by atoms with Crippen LogP contribution in [0.4, 0.5) is 43.9 Å². The van der Waals surface area contributed by atoms with Crippen LogP contribution in [-0.4, -0.2) is 0 Å². The smallest absolute Gasteiger partial charge is 0.237 e. The summed E-state index contributed by atoms with van der Waals surface area (Å²) in [5, 5.41) is -4.84. The summed E-state index contributed by atoms with van der Waals surface area (Å²) >= 11 is 5.08. The van der Waals surface area contributed by atoms with Crippen LogP contribution in [0.3, 0.4) is 0 Å². The zero-order valence-electron chi connectivity index (χ0n) is 11.0. The van der Waals surface area contributed by atoms with Crippen LogP contribution in [0.15, 0.2) is 0 Å². The molecule has 0 bridgehead atoms. The van der Waals surface area contributed by atoms with Crippen molar-refractivity contribution in [1.82, 2.24) is 0 Å². The van der Waals surface area contributed by atoms with E-state index in [0.29, 0.717) is 0 Å². The Morgan fingerprint density at radius 1 is 0.440 bits per heavy atom. The van der Waals surface area contributed by atoms with Gasteiger partial charge in [-0.3, -0.25) is 4.57 Å². The summed E-state index contributed by atoms with van der Waals surface area (Å²) in [6.07, 6.45) is 0. The van der Waals surface area contributed by atoms with Crippen LogP contribution in [0.5, 0.6) is 0 Å². The summed E-state index contributed by atoms with van der Waals surface area (Å²) in [5.41, 5.74) is 0. The molecule has 25 heavy (non-hydrogen) atoms. The predicted molar refractivity (Wildman–Crippen MR) is 65.2 cm³/mol. The van der Waals surface area contributed by atoms with E-state index in [1.807, 2.05) is 0 Å². The quantitative estimate of drug-likeness (QED) is 0.304. The highest BCUT2D eigenvalue weighted by Gasteiger charge is 2.43. The van der Waals surface area contributed by atoms with Crippen LogP contribution >= 0.6 is 17.7 Å². The van der Waals surface area contributed by atoms with Gasteiger partial charge in [-0.15, -0.1) is 0 Å². The minimum absolute atomic E-state index is 2.42. The maximum Gasteiger partial charge on any atom is 0.237 e. The van der Waals surface area contributed by atoms with Crippen LogP contribution in [0.25, 0.3) is 0 Å². The van der Waals surface area contributed by atoms with Crippen LogP contribution in [0.2, 0.25) is 0 Å². The predicted octanol–water partition coefficient (Wildman–Crippen LogP) is 4.55. The molecule has 0 radical (unpaired) electrons. The Kier molecular flexibility index (Phi) is 4.86. The molecule has 0 aromatic heterocycles. The lowest BCUT2D eigenvalue weighted by Crippen LogP contribution is -2.29. The van der Waals surface area contributed by atoms with E-state index < -0.39 is 75.3 Å². The Hall–Kier alpha value is -1.74. The molecule has 2 aromatic carbocycles. The van der Waals surface area contributed by atoms with E-state index in [4.69, 9.17) is 11.2 Å². The van der Waals surface area contributed by atoms with E-state index in [-0.39, 0.29) is 0 Å². The third kappa shape index (κ3) is 2.69. The molecule has 0 amide bonds. The summed E-state index contributed by atoms with van der Waals surface area (Å²) in [4.78, 5) is 0. The van der Waals surface area contributed by atoms with Crippen LogP contribution < -0.4 is 10.6 Å². The first-order valence-corrected chi connectivity index (χ1v) is 8.30. The molecule has 2 aromatic rings. The Bertz CT molecular complexity index is 828. The average Bonchev–Trinajstić information content (AvgIpc) is 2.54. The second-order valence-corrected chi connectivity index (χ2v) is 7.76. The molecule has 0 aliphatic carbocycles. The van der Waals surface area contributed by atoms with Crippen molar-refractivity contribution in [2.24, 2.45) is 0 Å². The van der Waals surface area contributed by atoms with E-state index in [1.165, 1.54) is 0 Å². The topological polar surface area (TPSA) is 17.1 Å². The Morgan fingerprint density at radius 2 is 0.600 bits per heavy atom. The molecule has 13 heteroatoms. The Balaban J connectivity index is 2.99. The molecule has 0 N–H and O–H groups in total. The summed E-state index contributed by atoms with van der Waals surface area (Å²) in [6, 6.07) is 0. The van der Waals surface area contributed by atoms with Gasteiger partial charge in [0.15, 0.2) is 46.5 Å². The second kappa shape index (κ2) is 6.21. The molecule has 0 fully saturated rings. The van der Waals surface area contributed by atoms with Gasteiger partial charge in [0.2, 0.25) is 18.1 Å². The van der Waals surface area contributed by atoms with E-state index >= 15 is 0 Å². The molecular formula is C12ClF10OP. The summed E-state index contributed by atoms with van der Waals surface area (Å²) in [6.45, 7) is -6.02. The fourth-order valence-corrected chi connectivity index (χ4v) is 4.32. The molecule has 2 rings (SSSR count). The molecule has 0 atom stereocenters. The molecule has 0 spiro atoms. The van der Waals surface area contributed by atoms with Crippen molar-refractivity contribution in [3.05, 3.63) is 58.2 Å². The molecule has 136 valence electrons. The number of hydrogen-bond acceptors (Lipinski definition) is 1. The SMILES string of the molecule is O=P(Cl)(c1c(F)c(F)c(F)c(F)c1F)c1c(F)c(F)c(F)c(F)c1F. The molecule has 1 nitrogen and oxygen atoms in total. The van der Waals surface area contributed by atoms with Crippen LogP contribution in [-0.2, 0) is 4.57 Å². The number of hydrogen-bond donors (Lipinski definition) is 0. The van der Waals surface area contributed by atoms with E-state index in [0.717, 1.165) is 0 Å². The first kappa shape index (κ1) is 19.6. The Labute approximate surface area is 136 Å². The lowest BCUT2D eigenvalue weighted by atomic mass is 10.3. The van der Waals surface area contributed by atoms with Crippen molar-refractivity contribution in [2.45, 2.75) is 0 Å². The maximum absolute atomic E-state index is 13.6. The molecular weight excluding hydrogens is 417 g/mol. The monoisotopic (exact) mass is 416 g/mol. The van der Waals surface area contributed by atoms with Crippen LogP contribution in [0.1, 0.15) is 0 Å². The van der Waals surface area contributed by atoms with Crippen molar-refractivity contribution < 1.29 is 48.5 Å². The zero-order valence-corrected chi connectivity index (χ0v) is 12.7. The molecule has 0 saturated carbocycles. The van der Waals surface area contributed by atoms with Gasteiger partial charge in [-0.05, 0) is 11.2 Å². The van der Waals surface area contributed by atoms with Gasteiger partial charge in [0.05, 0.1) is 0 Å². The fourth-order valence-electron chi connectivity index (χ4n) is 1.80. The molecule has 0 saturated heterocycles. The summed E-state index contributed by atoms with van der Waals surface area (Å²) in [5.74, 6) is -27.6. The average molecular weight is 417 g/mol. The van der Waals surface area contributed by atoms with Gasteiger partial charge in [0.25, 0.3) is 0 Å². The molecule has 0 aliphatic heterocycles. The number of halogens is 11. The Morgan fingerprint density at radius 3 is 0.800 bits per heavy atom. The van der Waals surface area contributed by atoms with E-state index in [9.17, 15) is 48.5 Å². The van der Waals surface area contributed by atoms with Gasteiger partial charge in [-0.1, -0.05) is 0 Å². The highest BCUT2D eigenvalue weighted by Crippen LogP contribution is 2.52. The van der Waals surface area contributed by atoms with Gasteiger partial charge in [-0.2, -0.15) is 0 Å². The zero-order chi connectivity index (χ0) is 19.4. The first-order valence-electron chi connectivity index (χ1n) is 5.69. The van der Waals surface area contributed by atoms with Crippen molar-refractivity contribution in [2.75, 3.05) is 0 Å².